The van der Waals surface area contributed by atoms with E-state index in [1.54, 1.807) is 0 Å². The monoisotopic (exact) mass is 347 g/mol. The van der Waals surface area contributed by atoms with Crippen molar-refractivity contribution in [3.8, 4) is 5.75 Å². The molecule has 2 aliphatic heterocycles. The molecule has 2 heterocycles. The molecule has 2 nitrogen and oxygen atoms in total. The van der Waals surface area contributed by atoms with Gasteiger partial charge in [-0.15, -0.1) is 0 Å². The summed E-state index contributed by atoms with van der Waals surface area (Å²) in [5, 5.41) is 0. The van der Waals surface area contributed by atoms with Gasteiger partial charge in [-0.3, -0.25) is 4.90 Å². The standard InChI is InChI=1S/C24H29NO/c1-2-3-15-26-24-13-9-20(10-14-24)21-16-22-11-12-23(17-21)25(22)18-19-7-5-4-6-8-19/h4-10,13-14,16,22-23H,2-3,11-12,15,17-18H2,1H3. The molecule has 0 aromatic heterocycles. The van der Waals surface area contributed by atoms with E-state index in [9.17, 15) is 0 Å². The highest BCUT2D eigenvalue weighted by molar-refractivity contribution is 5.68. The first-order chi connectivity index (χ1) is 12.8. The first-order valence-electron chi connectivity index (χ1n) is 10.1. The fourth-order valence-electron chi connectivity index (χ4n) is 4.27. The molecule has 26 heavy (non-hydrogen) atoms. The van der Waals surface area contributed by atoms with Crippen molar-refractivity contribution in [3.05, 3.63) is 71.8 Å². The highest BCUT2D eigenvalue weighted by Gasteiger charge is 2.36. The number of fused-ring (bicyclic) bond motifs is 2. The van der Waals surface area contributed by atoms with Crippen molar-refractivity contribution < 1.29 is 4.74 Å². The Bertz CT molecular complexity index is 735. The van der Waals surface area contributed by atoms with Crippen molar-refractivity contribution >= 4 is 5.57 Å². The minimum atomic E-state index is 0.587. The maximum Gasteiger partial charge on any atom is 0.119 e. The van der Waals surface area contributed by atoms with Crippen LogP contribution in [0, 0.1) is 0 Å². The maximum absolute atomic E-state index is 5.80. The molecule has 1 saturated heterocycles. The van der Waals surface area contributed by atoms with Gasteiger partial charge in [0.05, 0.1) is 6.61 Å². The molecule has 0 aliphatic carbocycles. The lowest BCUT2D eigenvalue weighted by molar-refractivity contribution is 0.203. The van der Waals surface area contributed by atoms with Gasteiger partial charge in [-0.05, 0) is 54.5 Å². The van der Waals surface area contributed by atoms with Crippen LogP contribution in [0.25, 0.3) is 5.57 Å². The molecule has 2 bridgehead atoms. The average Bonchev–Trinajstić information content (AvgIpc) is 2.91. The lowest BCUT2D eigenvalue weighted by Crippen LogP contribution is -2.37. The lowest BCUT2D eigenvalue weighted by Gasteiger charge is -2.34. The van der Waals surface area contributed by atoms with Crippen molar-refractivity contribution in [2.24, 2.45) is 0 Å². The van der Waals surface area contributed by atoms with E-state index in [0.717, 1.165) is 25.3 Å². The van der Waals surface area contributed by atoms with Crippen molar-refractivity contribution in [2.75, 3.05) is 6.61 Å². The van der Waals surface area contributed by atoms with Gasteiger partial charge in [0.1, 0.15) is 5.75 Å². The summed E-state index contributed by atoms with van der Waals surface area (Å²) in [5.74, 6) is 0.993. The number of ether oxygens (including phenoxy) is 1. The molecule has 0 spiro atoms. The third-order valence-corrected chi connectivity index (χ3v) is 5.74. The Hall–Kier alpha value is -2.06. The van der Waals surface area contributed by atoms with Gasteiger partial charge in [0.25, 0.3) is 0 Å². The van der Waals surface area contributed by atoms with Gasteiger partial charge >= 0.3 is 0 Å². The molecule has 4 rings (SSSR count). The van der Waals surface area contributed by atoms with Crippen LogP contribution in [-0.4, -0.2) is 23.6 Å². The van der Waals surface area contributed by atoms with Crippen LogP contribution in [0.1, 0.15) is 50.2 Å². The summed E-state index contributed by atoms with van der Waals surface area (Å²) in [6, 6.07) is 20.9. The molecule has 2 aliphatic rings. The first kappa shape index (κ1) is 17.4. The summed E-state index contributed by atoms with van der Waals surface area (Å²) in [6.07, 6.45) is 8.58. The van der Waals surface area contributed by atoms with E-state index in [-0.39, 0.29) is 0 Å². The van der Waals surface area contributed by atoms with Gasteiger partial charge in [-0.1, -0.05) is 61.9 Å². The van der Waals surface area contributed by atoms with E-state index in [1.165, 1.54) is 42.4 Å². The molecule has 0 amide bonds. The number of benzene rings is 2. The summed E-state index contributed by atoms with van der Waals surface area (Å²) in [4.78, 5) is 2.70. The van der Waals surface area contributed by atoms with Crippen LogP contribution in [0.4, 0.5) is 0 Å². The second-order valence-electron chi connectivity index (χ2n) is 7.58. The number of hydrogen-bond acceptors (Lipinski definition) is 2. The largest absolute Gasteiger partial charge is 0.494 e. The number of nitrogens with zero attached hydrogens (tertiary/aromatic N) is 1. The fourth-order valence-corrected chi connectivity index (χ4v) is 4.27. The minimum absolute atomic E-state index is 0.587. The van der Waals surface area contributed by atoms with Gasteiger partial charge in [-0.2, -0.15) is 0 Å². The second kappa shape index (κ2) is 8.09. The third-order valence-electron chi connectivity index (χ3n) is 5.74. The Morgan fingerprint density at radius 3 is 2.54 bits per heavy atom. The van der Waals surface area contributed by atoms with Crippen LogP contribution in [-0.2, 0) is 6.54 Å². The van der Waals surface area contributed by atoms with E-state index in [1.807, 2.05) is 0 Å². The molecular weight excluding hydrogens is 318 g/mol. The Balaban J connectivity index is 1.44. The molecule has 2 unspecified atom stereocenters. The molecule has 0 radical (unpaired) electrons. The molecule has 2 heteroatoms. The molecular formula is C24H29NO. The van der Waals surface area contributed by atoms with Crippen molar-refractivity contribution in [1.82, 2.24) is 4.90 Å². The van der Waals surface area contributed by atoms with E-state index < -0.39 is 0 Å². The molecule has 2 atom stereocenters. The van der Waals surface area contributed by atoms with Crippen LogP contribution in [0.3, 0.4) is 0 Å². The molecule has 0 saturated carbocycles. The van der Waals surface area contributed by atoms with E-state index in [2.05, 4.69) is 72.5 Å². The van der Waals surface area contributed by atoms with Crippen molar-refractivity contribution in [3.63, 3.8) is 0 Å². The Morgan fingerprint density at radius 1 is 1.00 bits per heavy atom. The summed E-state index contributed by atoms with van der Waals surface area (Å²) in [7, 11) is 0. The molecule has 2 aromatic carbocycles. The summed E-state index contributed by atoms with van der Waals surface area (Å²) < 4.78 is 5.80. The molecule has 0 N–H and O–H groups in total. The van der Waals surface area contributed by atoms with Gasteiger partial charge in [0, 0.05) is 18.6 Å². The predicted octanol–water partition coefficient (Wildman–Crippen LogP) is 5.69. The van der Waals surface area contributed by atoms with Crippen molar-refractivity contribution in [1.29, 1.82) is 0 Å². The van der Waals surface area contributed by atoms with Gasteiger partial charge in [0.15, 0.2) is 0 Å². The SMILES string of the molecule is CCCCOc1ccc(C2=CC3CCC(C2)N3Cc2ccccc2)cc1. The Labute approximate surface area is 157 Å². The highest BCUT2D eigenvalue weighted by Crippen LogP contribution is 2.39. The zero-order valence-corrected chi connectivity index (χ0v) is 15.7. The van der Waals surface area contributed by atoms with Crippen LogP contribution in [0.15, 0.2) is 60.7 Å². The first-order valence-corrected chi connectivity index (χ1v) is 10.1. The lowest BCUT2D eigenvalue weighted by atomic mass is 9.94. The van der Waals surface area contributed by atoms with Crippen LogP contribution in [0.5, 0.6) is 5.75 Å². The molecule has 136 valence electrons. The van der Waals surface area contributed by atoms with Crippen LogP contribution >= 0.6 is 0 Å². The fraction of sp³-hybridized carbons (Fsp3) is 0.417. The quantitative estimate of drug-likeness (QED) is 0.597. The second-order valence-corrected chi connectivity index (χ2v) is 7.58. The van der Waals surface area contributed by atoms with E-state index in [0.29, 0.717) is 12.1 Å². The van der Waals surface area contributed by atoms with Gasteiger partial charge in [0.2, 0.25) is 0 Å². The Kier molecular flexibility index (Phi) is 5.40. The number of hydrogen-bond donors (Lipinski definition) is 0. The summed E-state index contributed by atoms with van der Waals surface area (Å²) in [5.41, 5.74) is 4.31. The zero-order valence-electron chi connectivity index (χ0n) is 15.7. The number of rotatable bonds is 7. The molecule has 1 fully saturated rings. The third kappa shape index (κ3) is 3.86. The number of unbranched alkanes of at least 4 members (excludes halogenated alkanes) is 1. The molecule has 2 aromatic rings. The predicted molar refractivity (Wildman–Crippen MR) is 108 cm³/mol. The smallest absolute Gasteiger partial charge is 0.119 e. The average molecular weight is 348 g/mol. The van der Waals surface area contributed by atoms with Crippen LogP contribution in [0.2, 0.25) is 0 Å². The summed E-state index contributed by atoms with van der Waals surface area (Å²) in [6.45, 7) is 4.08. The Morgan fingerprint density at radius 2 is 1.81 bits per heavy atom. The minimum Gasteiger partial charge on any atom is -0.494 e. The zero-order chi connectivity index (χ0) is 17.8. The summed E-state index contributed by atoms with van der Waals surface area (Å²) >= 11 is 0. The van der Waals surface area contributed by atoms with E-state index in [4.69, 9.17) is 4.74 Å². The van der Waals surface area contributed by atoms with Gasteiger partial charge < -0.3 is 4.74 Å². The van der Waals surface area contributed by atoms with Crippen molar-refractivity contribution in [2.45, 2.75) is 57.7 Å². The van der Waals surface area contributed by atoms with Crippen LogP contribution < -0.4 is 4.74 Å². The van der Waals surface area contributed by atoms with Gasteiger partial charge in [-0.25, -0.2) is 0 Å². The highest BCUT2D eigenvalue weighted by atomic mass is 16.5. The maximum atomic E-state index is 5.80. The normalized spacial score (nSPS) is 22.3. The topological polar surface area (TPSA) is 12.5 Å². The van der Waals surface area contributed by atoms with E-state index >= 15 is 0 Å².